The van der Waals surface area contributed by atoms with Crippen molar-refractivity contribution in [3.63, 3.8) is 0 Å². The number of carbonyl (C=O) groups is 1. The van der Waals surface area contributed by atoms with E-state index < -0.39 is 12.0 Å². The van der Waals surface area contributed by atoms with Gasteiger partial charge in [0.25, 0.3) is 0 Å². The maximum absolute atomic E-state index is 11.1. The normalized spacial score (nSPS) is 12.6. The third kappa shape index (κ3) is 1.75. The highest BCUT2D eigenvalue weighted by Gasteiger charge is 2.20. The number of nitrogens with one attached hydrogen (secondary N) is 1. The zero-order valence-electron chi connectivity index (χ0n) is 8.84. The van der Waals surface area contributed by atoms with E-state index in [1.807, 2.05) is 30.3 Å². The lowest BCUT2D eigenvalue weighted by molar-refractivity contribution is -0.139. The Morgan fingerprint density at radius 3 is 2.81 bits per heavy atom. The van der Waals surface area contributed by atoms with Crippen LogP contribution in [0.25, 0.3) is 10.8 Å². The first-order valence-corrected chi connectivity index (χ1v) is 4.97. The fourth-order valence-electron chi connectivity index (χ4n) is 1.75. The number of aromatic nitrogens is 1. The molecule has 4 heteroatoms. The number of hydrogen-bond acceptors (Lipinski definition) is 3. The average molecular weight is 216 g/mol. The molecule has 0 saturated carbocycles. The second kappa shape index (κ2) is 4.28. The van der Waals surface area contributed by atoms with Crippen molar-refractivity contribution < 1.29 is 9.90 Å². The molecule has 1 heterocycles. The molecular formula is C12H12N2O2. The van der Waals surface area contributed by atoms with Crippen LogP contribution >= 0.6 is 0 Å². The zero-order valence-corrected chi connectivity index (χ0v) is 8.84. The molecule has 0 aliphatic carbocycles. The molecule has 82 valence electrons. The van der Waals surface area contributed by atoms with Crippen LogP contribution in [0.4, 0.5) is 0 Å². The van der Waals surface area contributed by atoms with Crippen LogP contribution in [0.2, 0.25) is 0 Å². The molecule has 0 saturated heterocycles. The summed E-state index contributed by atoms with van der Waals surface area (Å²) in [5.41, 5.74) is 0.549. The minimum Gasteiger partial charge on any atom is -0.480 e. The SMILES string of the molecule is CNC(C(=O)O)c1nccc2ccccc12. The zero-order chi connectivity index (χ0) is 11.5. The fourth-order valence-corrected chi connectivity index (χ4v) is 1.75. The molecule has 1 unspecified atom stereocenters. The summed E-state index contributed by atoms with van der Waals surface area (Å²) in [6.45, 7) is 0. The Morgan fingerprint density at radius 2 is 2.12 bits per heavy atom. The summed E-state index contributed by atoms with van der Waals surface area (Å²) >= 11 is 0. The first-order chi connectivity index (χ1) is 7.74. The first-order valence-electron chi connectivity index (χ1n) is 4.97. The molecule has 16 heavy (non-hydrogen) atoms. The van der Waals surface area contributed by atoms with Crippen molar-refractivity contribution in [1.29, 1.82) is 0 Å². The molecule has 1 aromatic heterocycles. The Morgan fingerprint density at radius 1 is 1.38 bits per heavy atom. The monoisotopic (exact) mass is 216 g/mol. The van der Waals surface area contributed by atoms with Gasteiger partial charge in [0.1, 0.15) is 6.04 Å². The van der Waals surface area contributed by atoms with Gasteiger partial charge in [-0.1, -0.05) is 24.3 Å². The molecule has 1 aromatic carbocycles. The largest absolute Gasteiger partial charge is 0.480 e. The highest BCUT2D eigenvalue weighted by molar-refractivity contribution is 5.89. The number of pyridine rings is 1. The molecule has 2 N–H and O–H groups in total. The third-order valence-corrected chi connectivity index (χ3v) is 2.51. The summed E-state index contributed by atoms with van der Waals surface area (Å²) < 4.78 is 0. The molecule has 0 fully saturated rings. The van der Waals surface area contributed by atoms with Crippen molar-refractivity contribution in [2.24, 2.45) is 0 Å². The Hall–Kier alpha value is -1.94. The molecule has 1 atom stereocenters. The van der Waals surface area contributed by atoms with E-state index >= 15 is 0 Å². The number of likely N-dealkylation sites (N-methyl/N-ethyl adjacent to an activating group) is 1. The van der Waals surface area contributed by atoms with Gasteiger partial charge in [-0.05, 0) is 18.5 Å². The molecule has 0 bridgehead atoms. The second-order valence-electron chi connectivity index (χ2n) is 3.48. The summed E-state index contributed by atoms with van der Waals surface area (Å²) in [4.78, 5) is 15.2. The van der Waals surface area contributed by atoms with Crippen LogP contribution in [0.3, 0.4) is 0 Å². The highest BCUT2D eigenvalue weighted by atomic mass is 16.4. The summed E-state index contributed by atoms with van der Waals surface area (Å²) in [5, 5.41) is 13.7. The predicted molar refractivity (Wildman–Crippen MR) is 61.2 cm³/mol. The number of rotatable bonds is 3. The van der Waals surface area contributed by atoms with E-state index in [9.17, 15) is 4.79 Å². The lowest BCUT2D eigenvalue weighted by Crippen LogP contribution is -2.26. The van der Waals surface area contributed by atoms with Gasteiger partial charge in [0.05, 0.1) is 5.69 Å². The van der Waals surface area contributed by atoms with E-state index in [-0.39, 0.29) is 0 Å². The molecular weight excluding hydrogens is 204 g/mol. The van der Waals surface area contributed by atoms with E-state index in [2.05, 4.69) is 10.3 Å². The van der Waals surface area contributed by atoms with Gasteiger partial charge in [0, 0.05) is 11.6 Å². The van der Waals surface area contributed by atoms with E-state index in [4.69, 9.17) is 5.11 Å². The highest BCUT2D eigenvalue weighted by Crippen LogP contribution is 2.21. The van der Waals surface area contributed by atoms with Gasteiger partial charge < -0.3 is 10.4 Å². The van der Waals surface area contributed by atoms with Gasteiger partial charge in [0.2, 0.25) is 0 Å². The van der Waals surface area contributed by atoms with Crippen molar-refractivity contribution >= 4 is 16.7 Å². The van der Waals surface area contributed by atoms with Gasteiger partial charge in [-0.25, -0.2) is 0 Å². The number of aliphatic carboxylic acids is 1. The van der Waals surface area contributed by atoms with Crippen molar-refractivity contribution in [2.75, 3.05) is 7.05 Å². The number of benzene rings is 1. The number of carboxylic acids is 1. The number of hydrogen-bond donors (Lipinski definition) is 2. The van der Waals surface area contributed by atoms with E-state index in [1.165, 1.54) is 0 Å². The molecule has 0 radical (unpaired) electrons. The average Bonchev–Trinajstić information content (AvgIpc) is 2.30. The van der Waals surface area contributed by atoms with E-state index in [1.54, 1.807) is 13.2 Å². The molecule has 2 aromatic rings. The first kappa shape index (κ1) is 10.6. The number of carboxylic acid groups (broad SMARTS) is 1. The second-order valence-corrected chi connectivity index (χ2v) is 3.48. The molecule has 2 rings (SSSR count). The third-order valence-electron chi connectivity index (χ3n) is 2.51. The number of fused-ring (bicyclic) bond motifs is 1. The summed E-state index contributed by atoms with van der Waals surface area (Å²) in [7, 11) is 1.61. The quantitative estimate of drug-likeness (QED) is 0.817. The Bertz CT molecular complexity index is 520. The topological polar surface area (TPSA) is 62.2 Å². The number of nitrogens with zero attached hydrogens (tertiary/aromatic N) is 1. The molecule has 0 spiro atoms. The minimum absolute atomic E-state index is 0.549. The minimum atomic E-state index is -0.925. The molecule has 4 nitrogen and oxygen atoms in total. The molecule has 0 aliphatic rings. The lowest BCUT2D eigenvalue weighted by Gasteiger charge is -2.12. The van der Waals surface area contributed by atoms with Crippen molar-refractivity contribution in [2.45, 2.75) is 6.04 Å². The summed E-state index contributed by atoms with van der Waals surface area (Å²) in [5.74, 6) is -0.925. The standard InChI is InChI=1S/C12H12N2O2/c1-13-11(12(15)16)10-9-5-3-2-4-8(9)6-7-14-10/h2-7,11,13H,1H3,(H,15,16). The van der Waals surface area contributed by atoms with Crippen LogP contribution in [0, 0.1) is 0 Å². The van der Waals surface area contributed by atoms with Crippen LogP contribution in [0.5, 0.6) is 0 Å². The predicted octanol–water partition coefficient (Wildman–Crippen LogP) is 1.58. The van der Waals surface area contributed by atoms with Crippen LogP contribution in [-0.4, -0.2) is 23.1 Å². The smallest absolute Gasteiger partial charge is 0.326 e. The van der Waals surface area contributed by atoms with E-state index in [0.717, 1.165) is 10.8 Å². The van der Waals surface area contributed by atoms with Gasteiger partial charge in [-0.2, -0.15) is 0 Å². The van der Waals surface area contributed by atoms with Crippen LogP contribution < -0.4 is 5.32 Å². The van der Waals surface area contributed by atoms with Crippen LogP contribution in [-0.2, 0) is 4.79 Å². The summed E-state index contributed by atoms with van der Waals surface area (Å²) in [6.07, 6.45) is 1.63. The maximum Gasteiger partial charge on any atom is 0.326 e. The van der Waals surface area contributed by atoms with Crippen molar-refractivity contribution in [1.82, 2.24) is 10.3 Å². The Labute approximate surface area is 92.9 Å². The van der Waals surface area contributed by atoms with Crippen LogP contribution in [0.1, 0.15) is 11.7 Å². The Balaban J connectivity index is 2.63. The van der Waals surface area contributed by atoms with Gasteiger partial charge in [-0.3, -0.25) is 9.78 Å². The van der Waals surface area contributed by atoms with E-state index in [0.29, 0.717) is 5.69 Å². The molecule has 0 amide bonds. The van der Waals surface area contributed by atoms with Crippen molar-refractivity contribution in [3.05, 3.63) is 42.2 Å². The molecule has 0 aliphatic heterocycles. The fraction of sp³-hybridized carbons (Fsp3) is 0.167. The van der Waals surface area contributed by atoms with Crippen LogP contribution in [0.15, 0.2) is 36.5 Å². The van der Waals surface area contributed by atoms with Gasteiger partial charge in [0.15, 0.2) is 0 Å². The van der Waals surface area contributed by atoms with Crippen molar-refractivity contribution in [3.8, 4) is 0 Å². The lowest BCUT2D eigenvalue weighted by atomic mass is 10.1. The summed E-state index contributed by atoms with van der Waals surface area (Å²) in [6, 6.07) is 8.71. The Kier molecular flexibility index (Phi) is 2.83. The van der Waals surface area contributed by atoms with Gasteiger partial charge in [-0.15, -0.1) is 0 Å². The van der Waals surface area contributed by atoms with Gasteiger partial charge >= 0.3 is 5.97 Å². The maximum atomic E-state index is 11.1.